The molecule has 2 aromatic carbocycles. The van der Waals surface area contributed by atoms with E-state index in [-0.39, 0.29) is 33.8 Å². The van der Waals surface area contributed by atoms with Crippen LogP contribution < -0.4 is 0 Å². The fourth-order valence-electron chi connectivity index (χ4n) is 4.12. The van der Waals surface area contributed by atoms with Gasteiger partial charge in [-0.25, -0.2) is 0 Å². The van der Waals surface area contributed by atoms with Crippen molar-refractivity contribution in [2.75, 3.05) is 0 Å². The predicted molar refractivity (Wildman–Crippen MR) is 103 cm³/mol. The molecule has 0 atom stereocenters. The number of aromatic hydroxyl groups is 4. The molecular weight excluding hydrogens is 328 g/mol. The van der Waals surface area contributed by atoms with Gasteiger partial charge in [0.25, 0.3) is 0 Å². The van der Waals surface area contributed by atoms with Crippen molar-refractivity contribution in [3.05, 3.63) is 35.4 Å². The second kappa shape index (κ2) is 6.11. The normalized spacial score (nSPS) is 18.6. The molecule has 1 aliphatic rings. The van der Waals surface area contributed by atoms with Crippen LogP contribution in [0.1, 0.15) is 64.5 Å². The van der Waals surface area contributed by atoms with E-state index in [4.69, 9.17) is 0 Å². The predicted octanol–water partition coefficient (Wildman–Crippen LogP) is 5.31. The minimum Gasteiger partial charge on any atom is -0.504 e. The Bertz CT molecular complexity index is 778. The first-order valence-corrected chi connectivity index (χ1v) is 9.16. The molecule has 0 fully saturated rings. The summed E-state index contributed by atoms with van der Waals surface area (Å²) in [5.74, 6) is -0.656. The minimum absolute atomic E-state index is 0.141. The molecule has 0 saturated carbocycles. The number of hydrogen-bond acceptors (Lipinski definition) is 4. The zero-order valence-electron chi connectivity index (χ0n) is 15.9. The van der Waals surface area contributed by atoms with Gasteiger partial charge in [-0.2, -0.15) is 0 Å². The highest BCUT2D eigenvalue weighted by Gasteiger charge is 2.32. The largest absolute Gasteiger partial charge is 0.504 e. The van der Waals surface area contributed by atoms with E-state index in [2.05, 4.69) is 27.7 Å². The fraction of sp³-hybridized carbons (Fsp3) is 0.455. The molecular formula is C22H28O4. The van der Waals surface area contributed by atoms with Crippen molar-refractivity contribution in [1.29, 1.82) is 0 Å². The summed E-state index contributed by atoms with van der Waals surface area (Å²) in [6, 6.07) is 6.40. The highest BCUT2D eigenvalue weighted by Crippen LogP contribution is 2.49. The van der Waals surface area contributed by atoms with E-state index in [9.17, 15) is 20.4 Å². The van der Waals surface area contributed by atoms with Gasteiger partial charge in [0.05, 0.1) is 0 Å². The first kappa shape index (κ1) is 18.4. The van der Waals surface area contributed by atoms with Crippen LogP contribution >= 0.6 is 0 Å². The lowest BCUT2D eigenvalue weighted by atomic mass is 9.70. The van der Waals surface area contributed by atoms with Crippen molar-refractivity contribution in [2.45, 2.75) is 64.2 Å². The van der Waals surface area contributed by atoms with Crippen molar-refractivity contribution in [3.63, 3.8) is 0 Å². The Kier molecular flexibility index (Phi) is 4.33. The van der Waals surface area contributed by atoms with Gasteiger partial charge in [0.1, 0.15) is 0 Å². The van der Waals surface area contributed by atoms with Gasteiger partial charge in [-0.3, -0.25) is 0 Å². The summed E-state index contributed by atoms with van der Waals surface area (Å²) in [5.41, 5.74) is 3.02. The Morgan fingerprint density at radius 1 is 0.577 bits per heavy atom. The maximum atomic E-state index is 10.2. The molecule has 1 aliphatic carbocycles. The Hall–Kier alpha value is -2.36. The zero-order valence-corrected chi connectivity index (χ0v) is 15.9. The van der Waals surface area contributed by atoms with E-state index < -0.39 is 0 Å². The number of phenols is 4. The first-order valence-electron chi connectivity index (χ1n) is 9.16. The van der Waals surface area contributed by atoms with Crippen LogP contribution in [0.2, 0.25) is 0 Å². The Balaban J connectivity index is 2.42. The van der Waals surface area contributed by atoms with Crippen LogP contribution in [0.3, 0.4) is 0 Å². The molecule has 2 aromatic rings. The van der Waals surface area contributed by atoms with Crippen molar-refractivity contribution in [2.24, 2.45) is 0 Å². The van der Waals surface area contributed by atoms with Crippen LogP contribution in [0.4, 0.5) is 0 Å². The average molecular weight is 356 g/mol. The van der Waals surface area contributed by atoms with Gasteiger partial charge in [-0.15, -0.1) is 0 Å². The Labute approximate surface area is 154 Å². The lowest BCUT2D eigenvalue weighted by molar-refractivity contribution is 0.384. The highest BCUT2D eigenvalue weighted by atomic mass is 16.3. The van der Waals surface area contributed by atoms with E-state index in [1.54, 1.807) is 24.3 Å². The molecule has 0 aliphatic heterocycles. The van der Waals surface area contributed by atoms with Crippen LogP contribution in [0.15, 0.2) is 24.3 Å². The molecule has 0 radical (unpaired) electrons. The van der Waals surface area contributed by atoms with E-state index >= 15 is 0 Å². The smallest absolute Gasteiger partial charge is 0.158 e. The van der Waals surface area contributed by atoms with Gasteiger partial charge in [0, 0.05) is 0 Å². The lowest BCUT2D eigenvalue weighted by Gasteiger charge is -2.34. The lowest BCUT2D eigenvalue weighted by Crippen LogP contribution is -2.23. The van der Waals surface area contributed by atoms with Crippen molar-refractivity contribution >= 4 is 0 Å². The molecule has 0 spiro atoms. The van der Waals surface area contributed by atoms with Crippen LogP contribution in [0.25, 0.3) is 11.1 Å². The molecule has 140 valence electrons. The van der Waals surface area contributed by atoms with Crippen molar-refractivity contribution < 1.29 is 20.4 Å². The van der Waals surface area contributed by atoms with Gasteiger partial charge < -0.3 is 20.4 Å². The van der Waals surface area contributed by atoms with Crippen LogP contribution in [-0.2, 0) is 10.8 Å². The topological polar surface area (TPSA) is 80.9 Å². The van der Waals surface area contributed by atoms with Crippen LogP contribution in [0.5, 0.6) is 23.0 Å². The Morgan fingerprint density at radius 3 is 1.23 bits per heavy atom. The average Bonchev–Trinajstić information content (AvgIpc) is 2.55. The van der Waals surface area contributed by atoms with E-state index in [1.807, 2.05) is 0 Å². The van der Waals surface area contributed by atoms with E-state index in [1.165, 1.54) is 0 Å². The SMILES string of the molecule is CC1(C)CCCCC(C)(C)c2cc(O)c(O)cc2-c2cc(O)c(O)cc21. The van der Waals surface area contributed by atoms with Crippen LogP contribution in [0, 0.1) is 0 Å². The second-order valence-electron chi connectivity index (χ2n) is 8.75. The standard InChI is InChI=1S/C22H28O4/c1-21(2)7-5-6-8-22(3,4)16-12-20(26)18(24)10-14(16)13-9-17(23)19(25)11-15(13)21/h9-12,23-26H,5-8H2,1-4H3. The van der Waals surface area contributed by atoms with Gasteiger partial charge in [-0.1, -0.05) is 40.5 Å². The molecule has 26 heavy (non-hydrogen) atoms. The summed E-state index contributed by atoms with van der Waals surface area (Å²) in [4.78, 5) is 0. The monoisotopic (exact) mass is 356 g/mol. The summed E-state index contributed by atoms with van der Waals surface area (Å²) in [7, 11) is 0. The first-order chi connectivity index (χ1) is 12.0. The van der Waals surface area contributed by atoms with Gasteiger partial charge >= 0.3 is 0 Å². The van der Waals surface area contributed by atoms with Crippen molar-refractivity contribution in [1.82, 2.24) is 0 Å². The number of phenolic OH excluding ortho intramolecular Hbond substituents is 4. The molecule has 4 heteroatoms. The maximum Gasteiger partial charge on any atom is 0.158 e. The fourth-order valence-corrected chi connectivity index (χ4v) is 4.12. The molecule has 0 bridgehead atoms. The summed E-state index contributed by atoms with van der Waals surface area (Å²) >= 11 is 0. The third kappa shape index (κ3) is 3.09. The number of rotatable bonds is 0. The molecule has 3 rings (SSSR count). The van der Waals surface area contributed by atoms with Crippen LogP contribution in [-0.4, -0.2) is 20.4 Å². The summed E-state index contributed by atoms with van der Waals surface area (Å²) < 4.78 is 0. The van der Waals surface area contributed by atoms with E-state index in [0.29, 0.717) is 0 Å². The number of fused-ring (bicyclic) bond motifs is 3. The van der Waals surface area contributed by atoms with Gasteiger partial charge in [0.2, 0.25) is 0 Å². The molecule has 0 aromatic heterocycles. The van der Waals surface area contributed by atoms with Crippen molar-refractivity contribution in [3.8, 4) is 34.1 Å². The van der Waals surface area contributed by atoms with E-state index in [0.717, 1.165) is 47.9 Å². The Morgan fingerprint density at radius 2 is 0.885 bits per heavy atom. The zero-order chi connectivity index (χ0) is 19.3. The molecule has 4 nitrogen and oxygen atoms in total. The summed E-state index contributed by atoms with van der Waals surface area (Å²) in [5, 5.41) is 40.5. The molecule has 0 saturated heterocycles. The second-order valence-corrected chi connectivity index (χ2v) is 8.75. The molecule has 0 amide bonds. The molecule has 0 heterocycles. The molecule has 4 N–H and O–H groups in total. The molecule has 0 unspecified atom stereocenters. The third-order valence-corrected chi connectivity index (χ3v) is 5.83. The minimum atomic E-state index is -0.202. The highest BCUT2D eigenvalue weighted by molar-refractivity contribution is 5.78. The summed E-state index contributed by atoms with van der Waals surface area (Å²) in [6.07, 6.45) is 4.02. The van der Waals surface area contributed by atoms with Gasteiger partial charge in [0.15, 0.2) is 23.0 Å². The quantitative estimate of drug-likeness (QED) is 0.483. The van der Waals surface area contributed by atoms with Gasteiger partial charge in [-0.05, 0) is 70.2 Å². The third-order valence-electron chi connectivity index (χ3n) is 5.83. The maximum absolute atomic E-state index is 10.2. The number of benzene rings is 2. The number of hydrogen-bond donors (Lipinski definition) is 4. The summed E-state index contributed by atoms with van der Waals surface area (Å²) in [6.45, 7) is 8.54.